The van der Waals surface area contributed by atoms with Crippen LogP contribution in [0.2, 0.25) is 0 Å². The quantitative estimate of drug-likeness (QED) is 0.574. The molecule has 0 atom stereocenters. The van der Waals surface area contributed by atoms with E-state index < -0.39 is 28.4 Å². The fraction of sp³-hybridized carbons (Fsp3) is 0.263. The van der Waals surface area contributed by atoms with Gasteiger partial charge in [-0.05, 0) is 43.2 Å². The van der Waals surface area contributed by atoms with Crippen LogP contribution in [0, 0.1) is 12.7 Å². The number of hydrogen-bond donors (Lipinski definition) is 3. The molecular weight excluding hydrogens is 385 g/mol. The maximum Gasteiger partial charge on any atom is 0.241 e. The van der Waals surface area contributed by atoms with Crippen molar-refractivity contribution >= 4 is 21.8 Å². The van der Waals surface area contributed by atoms with Gasteiger partial charge in [-0.1, -0.05) is 29.8 Å². The van der Waals surface area contributed by atoms with E-state index >= 15 is 0 Å². The molecule has 0 radical (unpaired) electrons. The summed E-state index contributed by atoms with van der Waals surface area (Å²) in [5, 5.41) is 4.93. The summed E-state index contributed by atoms with van der Waals surface area (Å²) in [4.78, 5) is 23.5. The minimum absolute atomic E-state index is 0.0565. The van der Waals surface area contributed by atoms with Gasteiger partial charge in [-0.25, -0.2) is 17.5 Å². The Morgan fingerprint density at radius 1 is 0.964 bits per heavy atom. The van der Waals surface area contributed by atoms with Crippen LogP contribution in [0.15, 0.2) is 53.4 Å². The van der Waals surface area contributed by atoms with Gasteiger partial charge in [-0.3, -0.25) is 9.59 Å². The minimum atomic E-state index is -3.80. The van der Waals surface area contributed by atoms with Crippen molar-refractivity contribution < 1.29 is 22.4 Å². The zero-order valence-corrected chi connectivity index (χ0v) is 16.2. The Kier molecular flexibility index (Phi) is 7.65. The number of nitrogens with one attached hydrogen (secondary N) is 3. The number of amides is 2. The summed E-state index contributed by atoms with van der Waals surface area (Å²) in [6.45, 7) is 1.36. The molecule has 0 saturated carbocycles. The number of carbonyl (C=O) groups is 2. The molecule has 2 amide bonds. The number of aryl methyl sites for hydroxylation is 1. The van der Waals surface area contributed by atoms with Crippen LogP contribution in [0.5, 0.6) is 0 Å². The van der Waals surface area contributed by atoms with Gasteiger partial charge in [0.05, 0.1) is 18.0 Å². The average molecular weight is 407 g/mol. The molecule has 9 heteroatoms. The van der Waals surface area contributed by atoms with E-state index in [1.807, 2.05) is 6.92 Å². The van der Waals surface area contributed by atoms with Gasteiger partial charge in [0.25, 0.3) is 0 Å². The SMILES string of the molecule is Cc1ccc(S(=O)(=O)NCC(=O)NCC(=O)NCCc2cccc(F)c2)cc1. The van der Waals surface area contributed by atoms with Gasteiger partial charge >= 0.3 is 0 Å². The second-order valence-corrected chi connectivity index (χ2v) is 7.91. The first-order chi connectivity index (χ1) is 13.3. The third-order valence-electron chi connectivity index (χ3n) is 3.83. The van der Waals surface area contributed by atoms with Crippen LogP contribution in [0.25, 0.3) is 0 Å². The predicted octanol–water partition coefficient (Wildman–Crippen LogP) is 0.888. The van der Waals surface area contributed by atoms with Gasteiger partial charge in [-0.2, -0.15) is 0 Å². The summed E-state index contributed by atoms with van der Waals surface area (Å²) >= 11 is 0. The van der Waals surface area contributed by atoms with Gasteiger partial charge in [-0.15, -0.1) is 0 Å². The Balaban J connectivity index is 1.68. The second kappa shape index (κ2) is 9.95. The van der Waals surface area contributed by atoms with E-state index in [2.05, 4.69) is 15.4 Å². The van der Waals surface area contributed by atoms with Crippen molar-refractivity contribution in [1.29, 1.82) is 0 Å². The molecule has 0 bridgehead atoms. The Bertz CT molecular complexity index is 930. The molecule has 0 heterocycles. The van der Waals surface area contributed by atoms with Crippen molar-refractivity contribution in [3.05, 3.63) is 65.5 Å². The topological polar surface area (TPSA) is 104 Å². The first-order valence-corrected chi connectivity index (χ1v) is 10.1. The zero-order chi connectivity index (χ0) is 20.6. The molecule has 28 heavy (non-hydrogen) atoms. The lowest BCUT2D eigenvalue weighted by Crippen LogP contribution is -2.42. The maximum atomic E-state index is 13.1. The Hall–Kier alpha value is -2.78. The smallest absolute Gasteiger partial charge is 0.241 e. The standard InChI is InChI=1S/C19H22FN3O4S/c1-14-5-7-17(8-6-14)28(26,27)23-13-19(25)22-12-18(24)21-10-9-15-3-2-4-16(20)11-15/h2-8,11,23H,9-10,12-13H2,1H3,(H,21,24)(H,22,25). The Labute approximate surface area is 163 Å². The van der Waals surface area contributed by atoms with Crippen LogP contribution in [0.1, 0.15) is 11.1 Å². The van der Waals surface area contributed by atoms with Gasteiger partial charge < -0.3 is 10.6 Å². The molecule has 0 fully saturated rings. The number of rotatable bonds is 9. The van der Waals surface area contributed by atoms with E-state index in [-0.39, 0.29) is 23.8 Å². The van der Waals surface area contributed by atoms with E-state index in [9.17, 15) is 22.4 Å². The van der Waals surface area contributed by atoms with Gasteiger partial charge in [0.2, 0.25) is 21.8 Å². The normalized spacial score (nSPS) is 11.1. The third kappa shape index (κ3) is 7.09. The molecule has 0 aliphatic rings. The Morgan fingerprint density at radius 2 is 1.64 bits per heavy atom. The van der Waals surface area contributed by atoms with Crippen molar-refractivity contribution in [2.75, 3.05) is 19.6 Å². The van der Waals surface area contributed by atoms with E-state index in [4.69, 9.17) is 0 Å². The van der Waals surface area contributed by atoms with Gasteiger partial charge in [0.15, 0.2) is 0 Å². The molecule has 0 aromatic heterocycles. The highest BCUT2D eigenvalue weighted by molar-refractivity contribution is 7.89. The van der Waals surface area contributed by atoms with Crippen LogP contribution >= 0.6 is 0 Å². The van der Waals surface area contributed by atoms with Crippen molar-refractivity contribution in [3.63, 3.8) is 0 Å². The summed E-state index contributed by atoms with van der Waals surface area (Å²) in [6.07, 6.45) is 0.452. The van der Waals surface area contributed by atoms with Crippen LogP contribution < -0.4 is 15.4 Å². The predicted molar refractivity (Wildman–Crippen MR) is 102 cm³/mol. The Morgan fingerprint density at radius 3 is 2.32 bits per heavy atom. The van der Waals surface area contributed by atoms with E-state index in [1.54, 1.807) is 24.3 Å². The van der Waals surface area contributed by atoms with Crippen molar-refractivity contribution in [3.8, 4) is 0 Å². The number of sulfonamides is 1. The van der Waals surface area contributed by atoms with Crippen LogP contribution in [0.3, 0.4) is 0 Å². The molecule has 2 aromatic rings. The first kappa shape index (κ1) is 21.5. The van der Waals surface area contributed by atoms with Crippen molar-refractivity contribution in [1.82, 2.24) is 15.4 Å². The fourth-order valence-corrected chi connectivity index (χ4v) is 3.29. The largest absolute Gasteiger partial charge is 0.354 e. The fourth-order valence-electron chi connectivity index (χ4n) is 2.30. The molecule has 2 aromatic carbocycles. The number of carbonyl (C=O) groups excluding carboxylic acids is 2. The molecule has 2 rings (SSSR count). The number of benzene rings is 2. The highest BCUT2D eigenvalue weighted by Gasteiger charge is 2.15. The summed E-state index contributed by atoms with van der Waals surface area (Å²) in [5.74, 6) is -1.40. The molecule has 0 spiro atoms. The molecule has 3 N–H and O–H groups in total. The molecule has 150 valence electrons. The van der Waals surface area contributed by atoms with E-state index in [1.165, 1.54) is 24.3 Å². The lowest BCUT2D eigenvalue weighted by Gasteiger charge is -2.09. The molecule has 7 nitrogen and oxygen atoms in total. The number of halogens is 1. The summed E-state index contributed by atoms with van der Waals surface area (Å²) in [7, 11) is -3.80. The highest BCUT2D eigenvalue weighted by atomic mass is 32.2. The van der Waals surface area contributed by atoms with Gasteiger partial charge in [0.1, 0.15) is 5.82 Å². The van der Waals surface area contributed by atoms with Crippen molar-refractivity contribution in [2.45, 2.75) is 18.2 Å². The summed E-state index contributed by atoms with van der Waals surface area (Å²) in [5.41, 5.74) is 1.66. The highest BCUT2D eigenvalue weighted by Crippen LogP contribution is 2.09. The minimum Gasteiger partial charge on any atom is -0.354 e. The third-order valence-corrected chi connectivity index (χ3v) is 5.24. The number of hydrogen-bond acceptors (Lipinski definition) is 4. The first-order valence-electron chi connectivity index (χ1n) is 8.60. The zero-order valence-electron chi connectivity index (χ0n) is 15.4. The van der Waals surface area contributed by atoms with Gasteiger partial charge in [0, 0.05) is 6.54 Å². The molecular formula is C19H22FN3O4S. The molecule has 0 aliphatic carbocycles. The molecule has 0 unspecified atom stereocenters. The lowest BCUT2D eigenvalue weighted by molar-refractivity contribution is -0.125. The van der Waals surface area contributed by atoms with Crippen LogP contribution in [0.4, 0.5) is 4.39 Å². The molecule has 0 saturated heterocycles. The average Bonchev–Trinajstić information content (AvgIpc) is 2.65. The van der Waals surface area contributed by atoms with Crippen LogP contribution in [-0.2, 0) is 26.0 Å². The van der Waals surface area contributed by atoms with Crippen molar-refractivity contribution in [2.24, 2.45) is 0 Å². The van der Waals surface area contributed by atoms with E-state index in [0.717, 1.165) is 11.1 Å². The maximum absolute atomic E-state index is 13.1. The van der Waals surface area contributed by atoms with E-state index in [0.29, 0.717) is 6.42 Å². The monoisotopic (exact) mass is 407 g/mol. The lowest BCUT2D eigenvalue weighted by atomic mass is 10.1. The summed E-state index contributed by atoms with van der Waals surface area (Å²) in [6, 6.07) is 12.3. The molecule has 0 aliphatic heterocycles. The van der Waals surface area contributed by atoms with Crippen LogP contribution in [-0.4, -0.2) is 39.9 Å². The summed E-state index contributed by atoms with van der Waals surface area (Å²) < 4.78 is 39.4. The second-order valence-electron chi connectivity index (χ2n) is 6.14.